The second-order valence-electron chi connectivity index (χ2n) is 2.65. The quantitative estimate of drug-likeness (QED) is 0.446. The van der Waals surface area contributed by atoms with Crippen LogP contribution in [-0.4, -0.2) is 5.78 Å². The lowest BCUT2D eigenvalue weighted by Crippen LogP contribution is -2.00. The van der Waals surface area contributed by atoms with E-state index in [0.29, 0.717) is 6.42 Å². The second-order valence-corrected chi connectivity index (χ2v) is 4.73. The summed E-state index contributed by atoms with van der Waals surface area (Å²) in [7, 11) is 0. The number of benzene rings is 1. The Morgan fingerprint density at radius 1 is 1.57 bits per heavy atom. The minimum Gasteiger partial charge on any atom is -0.293 e. The van der Waals surface area contributed by atoms with Crippen LogP contribution in [0.4, 0.5) is 0 Å². The molecule has 0 aromatic heterocycles. The Bertz CT molecular complexity index is 415. The smallest absolute Gasteiger partial charge is 0.175 e. The molecule has 0 saturated carbocycles. The van der Waals surface area contributed by atoms with Crippen molar-refractivity contribution in [2.75, 3.05) is 0 Å². The van der Waals surface area contributed by atoms with Gasteiger partial charge in [-0.15, -0.1) is 5.92 Å². The van der Waals surface area contributed by atoms with Gasteiger partial charge in [-0.1, -0.05) is 21.9 Å². The molecule has 0 saturated heterocycles. The average molecular weight is 363 g/mol. The van der Waals surface area contributed by atoms with Crippen LogP contribution in [0.2, 0.25) is 0 Å². The molecule has 0 heterocycles. The molecule has 1 rings (SSSR count). The predicted octanol–water partition coefficient (Wildman–Crippen LogP) is 3.65. The summed E-state index contributed by atoms with van der Waals surface area (Å²) >= 11 is 5.50. The molecule has 0 radical (unpaired) electrons. The summed E-state index contributed by atoms with van der Waals surface area (Å²) in [5.41, 5.74) is 0.739. The standard InChI is InChI=1S/C11H8BrIO/c1-2-3-4-11(14)9-7-8(12)5-6-10(9)13/h5-7H,4H2,1H3. The van der Waals surface area contributed by atoms with E-state index in [1.54, 1.807) is 6.92 Å². The average Bonchev–Trinajstić information content (AvgIpc) is 2.18. The van der Waals surface area contributed by atoms with E-state index < -0.39 is 0 Å². The van der Waals surface area contributed by atoms with Crippen LogP contribution >= 0.6 is 38.5 Å². The second kappa shape index (κ2) is 5.52. The van der Waals surface area contributed by atoms with Gasteiger partial charge in [0.25, 0.3) is 0 Å². The van der Waals surface area contributed by atoms with Crippen molar-refractivity contribution in [1.82, 2.24) is 0 Å². The Hall–Kier alpha value is -0.340. The number of halogens is 2. The molecule has 0 fully saturated rings. The maximum atomic E-state index is 11.6. The minimum absolute atomic E-state index is 0.0741. The van der Waals surface area contributed by atoms with Gasteiger partial charge in [-0.05, 0) is 47.7 Å². The summed E-state index contributed by atoms with van der Waals surface area (Å²) in [5, 5.41) is 0. The fourth-order valence-electron chi connectivity index (χ4n) is 0.975. The number of hydrogen-bond donors (Lipinski definition) is 0. The van der Waals surface area contributed by atoms with Crippen LogP contribution in [0.1, 0.15) is 23.7 Å². The normalized spacial score (nSPS) is 9.07. The lowest BCUT2D eigenvalue weighted by atomic mass is 10.1. The maximum Gasteiger partial charge on any atom is 0.175 e. The summed E-state index contributed by atoms with van der Waals surface area (Å²) in [5.74, 6) is 5.57. The van der Waals surface area contributed by atoms with Gasteiger partial charge in [-0.3, -0.25) is 4.79 Å². The molecule has 0 aliphatic rings. The number of Topliss-reactive ketones (excluding diaryl/α,β-unsaturated/α-hetero) is 1. The minimum atomic E-state index is 0.0741. The zero-order chi connectivity index (χ0) is 10.6. The van der Waals surface area contributed by atoms with Crippen LogP contribution in [-0.2, 0) is 0 Å². The first-order valence-corrected chi connectivity index (χ1v) is 5.90. The molecule has 14 heavy (non-hydrogen) atoms. The van der Waals surface area contributed by atoms with Crippen LogP contribution in [0.15, 0.2) is 22.7 Å². The van der Waals surface area contributed by atoms with Gasteiger partial charge in [0.1, 0.15) is 0 Å². The van der Waals surface area contributed by atoms with Gasteiger partial charge in [0, 0.05) is 13.6 Å². The van der Waals surface area contributed by atoms with E-state index in [1.165, 1.54) is 0 Å². The summed E-state index contributed by atoms with van der Waals surface area (Å²) in [6.07, 6.45) is 0.295. The lowest BCUT2D eigenvalue weighted by molar-refractivity contribution is 0.0997. The Morgan fingerprint density at radius 3 is 2.93 bits per heavy atom. The van der Waals surface area contributed by atoms with Gasteiger partial charge in [0.05, 0.1) is 6.42 Å². The topological polar surface area (TPSA) is 17.1 Å². The molecule has 1 aromatic carbocycles. The summed E-state index contributed by atoms with van der Waals surface area (Å²) < 4.78 is 1.89. The molecule has 0 amide bonds. The van der Waals surface area contributed by atoms with Gasteiger partial charge >= 0.3 is 0 Å². The van der Waals surface area contributed by atoms with Crippen molar-refractivity contribution >= 4 is 44.3 Å². The van der Waals surface area contributed by atoms with Crippen molar-refractivity contribution in [1.29, 1.82) is 0 Å². The molecule has 1 nitrogen and oxygen atoms in total. The van der Waals surface area contributed by atoms with E-state index in [2.05, 4.69) is 50.4 Å². The van der Waals surface area contributed by atoms with Crippen molar-refractivity contribution < 1.29 is 4.79 Å². The van der Waals surface area contributed by atoms with Crippen molar-refractivity contribution in [3.05, 3.63) is 31.8 Å². The molecule has 0 unspecified atom stereocenters. The van der Waals surface area contributed by atoms with Crippen LogP contribution < -0.4 is 0 Å². The van der Waals surface area contributed by atoms with Crippen molar-refractivity contribution in [3.8, 4) is 11.8 Å². The largest absolute Gasteiger partial charge is 0.293 e. The number of hydrogen-bond acceptors (Lipinski definition) is 1. The molecular formula is C11H8BrIO. The van der Waals surface area contributed by atoms with Gasteiger partial charge in [-0.2, -0.15) is 0 Å². The summed E-state index contributed by atoms with van der Waals surface area (Å²) in [6.45, 7) is 1.74. The fraction of sp³-hybridized carbons (Fsp3) is 0.182. The highest BCUT2D eigenvalue weighted by molar-refractivity contribution is 14.1. The first-order chi connectivity index (χ1) is 6.65. The highest BCUT2D eigenvalue weighted by Crippen LogP contribution is 2.19. The molecular weight excluding hydrogens is 355 g/mol. The highest BCUT2D eigenvalue weighted by atomic mass is 127. The summed E-state index contributed by atoms with van der Waals surface area (Å²) in [4.78, 5) is 11.6. The summed E-state index contributed by atoms with van der Waals surface area (Å²) in [6, 6.07) is 5.67. The molecule has 0 atom stereocenters. The Morgan fingerprint density at radius 2 is 2.29 bits per heavy atom. The van der Waals surface area contributed by atoms with Crippen LogP contribution in [0, 0.1) is 15.4 Å². The third-order valence-electron chi connectivity index (χ3n) is 1.65. The van der Waals surface area contributed by atoms with Crippen LogP contribution in [0.3, 0.4) is 0 Å². The van der Waals surface area contributed by atoms with Crippen molar-refractivity contribution in [2.24, 2.45) is 0 Å². The lowest BCUT2D eigenvalue weighted by Gasteiger charge is -2.01. The van der Waals surface area contributed by atoms with E-state index >= 15 is 0 Å². The Labute approximate surface area is 106 Å². The van der Waals surface area contributed by atoms with E-state index in [1.807, 2.05) is 18.2 Å². The first-order valence-electron chi connectivity index (χ1n) is 4.03. The molecule has 0 aliphatic heterocycles. The molecule has 1 aromatic rings. The molecule has 3 heteroatoms. The predicted molar refractivity (Wildman–Crippen MR) is 69.3 cm³/mol. The number of rotatable bonds is 2. The SMILES string of the molecule is CC#CCC(=O)c1cc(Br)ccc1I. The Balaban J connectivity index is 2.98. The zero-order valence-electron chi connectivity index (χ0n) is 7.60. The van der Waals surface area contributed by atoms with Crippen molar-refractivity contribution in [3.63, 3.8) is 0 Å². The molecule has 0 aliphatic carbocycles. The third-order valence-corrected chi connectivity index (χ3v) is 3.09. The number of ketones is 1. The highest BCUT2D eigenvalue weighted by Gasteiger charge is 2.08. The van der Waals surface area contributed by atoms with Gasteiger partial charge < -0.3 is 0 Å². The molecule has 72 valence electrons. The van der Waals surface area contributed by atoms with Gasteiger partial charge in [0.15, 0.2) is 5.78 Å². The molecule has 0 bridgehead atoms. The Kier molecular flexibility index (Phi) is 4.63. The number of carbonyl (C=O) groups is 1. The molecule has 0 spiro atoms. The third kappa shape index (κ3) is 3.10. The molecule has 0 N–H and O–H groups in total. The first kappa shape index (κ1) is 11.7. The van der Waals surface area contributed by atoms with E-state index in [-0.39, 0.29) is 5.78 Å². The van der Waals surface area contributed by atoms with Crippen LogP contribution in [0.5, 0.6) is 0 Å². The maximum absolute atomic E-state index is 11.6. The van der Waals surface area contributed by atoms with E-state index in [9.17, 15) is 4.79 Å². The van der Waals surface area contributed by atoms with E-state index in [0.717, 1.165) is 13.6 Å². The number of carbonyl (C=O) groups excluding carboxylic acids is 1. The van der Waals surface area contributed by atoms with Gasteiger partial charge in [0.2, 0.25) is 0 Å². The zero-order valence-corrected chi connectivity index (χ0v) is 11.3. The monoisotopic (exact) mass is 362 g/mol. The van der Waals surface area contributed by atoms with Crippen LogP contribution in [0.25, 0.3) is 0 Å². The van der Waals surface area contributed by atoms with E-state index in [4.69, 9.17) is 0 Å². The van der Waals surface area contributed by atoms with Crippen molar-refractivity contribution in [2.45, 2.75) is 13.3 Å². The fourth-order valence-corrected chi connectivity index (χ4v) is 1.97. The van der Waals surface area contributed by atoms with Gasteiger partial charge in [-0.25, -0.2) is 0 Å².